The van der Waals surface area contributed by atoms with Crippen molar-refractivity contribution in [1.29, 1.82) is 0 Å². The third-order valence-corrected chi connectivity index (χ3v) is 4.46. The molecule has 7 heteroatoms. The molecule has 1 amide bonds. The van der Waals surface area contributed by atoms with Crippen LogP contribution < -0.4 is 10.1 Å². The van der Waals surface area contributed by atoms with Gasteiger partial charge >= 0.3 is 0 Å². The molecule has 122 valence electrons. The summed E-state index contributed by atoms with van der Waals surface area (Å²) < 4.78 is 5.14. The van der Waals surface area contributed by atoms with Gasteiger partial charge in [-0.05, 0) is 42.8 Å². The molecule has 0 unspecified atom stereocenters. The van der Waals surface area contributed by atoms with Crippen LogP contribution in [0.2, 0.25) is 0 Å². The summed E-state index contributed by atoms with van der Waals surface area (Å²) in [5.41, 5.74) is 1.78. The molecule has 0 aliphatic rings. The minimum absolute atomic E-state index is 0.138. The van der Waals surface area contributed by atoms with E-state index in [1.807, 2.05) is 43.3 Å². The smallest absolute Gasteiger partial charge is 0.233 e. The molecule has 2 heterocycles. The first-order valence-corrected chi connectivity index (χ1v) is 8.17. The first-order chi connectivity index (χ1) is 11.7. The molecule has 3 rings (SSSR count). The Morgan fingerprint density at radius 2 is 2.00 bits per heavy atom. The van der Waals surface area contributed by atoms with E-state index in [-0.39, 0.29) is 11.8 Å². The number of carbonyl (C=O) groups excluding carboxylic acids is 1. The van der Waals surface area contributed by atoms with Crippen LogP contribution in [0.5, 0.6) is 5.75 Å². The van der Waals surface area contributed by atoms with Gasteiger partial charge < -0.3 is 4.74 Å². The van der Waals surface area contributed by atoms with E-state index in [2.05, 4.69) is 20.5 Å². The fourth-order valence-electron chi connectivity index (χ4n) is 2.12. The molecule has 1 aromatic carbocycles. The second-order valence-corrected chi connectivity index (χ2v) is 6.12. The number of ether oxygens (including phenoxy) is 1. The zero-order valence-electron chi connectivity index (χ0n) is 13.3. The number of rotatable bonds is 5. The van der Waals surface area contributed by atoms with Gasteiger partial charge in [-0.1, -0.05) is 17.4 Å². The molecule has 0 aliphatic carbocycles. The largest absolute Gasteiger partial charge is 0.497 e. The molecular weight excluding hydrogens is 324 g/mol. The molecule has 6 nitrogen and oxygen atoms in total. The van der Waals surface area contributed by atoms with Crippen molar-refractivity contribution in [3.63, 3.8) is 0 Å². The first kappa shape index (κ1) is 16.1. The molecule has 0 aliphatic heterocycles. The number of carbonyl (C=O) groups is 1. The highest BCUT2D eigenvalue weighted by Gasteiger charge is 2.17. The molecular formula is C17H16N4O2S. The van der Waals surface area contributed by atoms with Crippen LogP contribution in [0.1, 0.15) is 18.4 Å². The fourth-order valence-corrected chi connectivity index (χ4v) is 2.87. The summed E-state index contributed by atoms with van der Waals surface area (Å²) in [7, 11) is 1.62. The molecule has 24 heavy (non-hydrogen) atoms. The molecule has 0 spiro atoms. The van der Waals surface area contributed by atoms with Gasteiger partial charge in [0, 0.05) is 18.0 Å². The monoisotopic (exact) mass is 340 g/mol. The minimum atomic E-state index is -0.313. The predicted molar refractivity (Wildman–Crippen MR) is 93.2 cm³/mol. The molecule has 1 N–H and O–H groups in total. The molecule has 0 bridgehead atoms. The molecule has 2 aromatic heterocycles. The van der Waals surface area contributed by atoms with E-state index < -0.39 is 0 Å². The number of nitrogens with one attached hydrogen (secondary N) is 1. The Bertz CT molecular complexity index is 818. The maximum Gasteiger partial charge on any atom is 0.233 e. The zero-order chi connectivity index (χ0) is 16.9. The van der Waals surface area contributed by atoms with Crippen LogP contribution in [0.25, 0.3) is 10.6 Å². The number of benzene rings is 1. The number of hydrogen-bond donors (Lipinski definition) is 1. The van der Waals surface area contributed by atoms with Crippen molar-refractivity contribution in [2.45, 2.75) is 12.8 Å². The van der Waals surface area contributed by atoms with Crippen LogP contribution in [0, 0.1) is 0 Å². The quantitative estimate of drug-likeness (QED) is 0.771. The van der Waals surface area contributed by atoms with E-state index in [4.69, 9.17) is 4.74 Å². The van der Waals surface area contributed by atoms with Gasteiger partial charge in [0.2, 0.25) is 11.0 Å². The van der Waals surface area contributed by atoms with Crippen molar-refractivity contribution < 1.29 is 9.53 Å². The first-order valence-electron chi connectivity index (χ1n) is 7.36. The maximum atomic E-state index is 12.3. The fraction of sp³-hybridized carbons (Fsp3) is 0.176. The van der Waals surface area contributed by atoms with Crippen molar-refractivity contribution in [1.82, 2.24) is 15.2 Å². The maximum absolute atomic E-state index is 12.3. The van der Waals surface area contributed by atoms with Crippen molar-refractivity contribution in [2.75, 3.05) is 12.4 Å². The van der Waals surface area contributed by atoms with E-state index in [0.29, 0.717) is 5.13 Å². The average molecular weight is 340 g/mol. The normalized spacial score (nSPS) is 11.8. The number of pyridine rings is 1. The number of amides is 1. The summed E-state index contributed by atoms with van der Waals surface area (Å²) >= 11 is 1.33. The summed E-state index contributed by atoms with van der Waals surface area (Å²) in [5.74, 6) is 0.328. The average Bonchev–Trinajstić information content (AvgIpc) is 3.10. The summed E-state index contributed by atoms with van der Waals surface area (Å²) in [5, 5.41) is 12.2. The SMILES string of the molecule is COc1ccc(-c2nnc(NC(=O)[C@H](C)c3cccnc3)s2)cc1. The number of aromatic nitrogens is 3. The van der Waals surface area contributed by atoms with Crippen LogP contribution in [0.15, 0.2) is 48.8 Å². The highest BCUT2D eigenvalue weighted by Crippen LogP contribution is 2.28. The summed E-state index contributed by atoms with van der Waals surface area (Å²) in [4.78, 5) is 16.4. The van der Waals surface area contributed by atoms with Gasteiger partial charge in [-0.15, -0.1) is 10.2 Å². The van der Waals surface area contributed by atoms with Crippen molar-refractivity contribution in [2.24, 2.45) is 0 Å². The molecule has 0 fully saturated rings. The summed E-state index contributed by atoms with van der Waals surface area (Å²) in [6.07, 6.45) is 3.37. The van der Waals surface area contributed by atoms with Gasteiger partial charge in [0.25, 0.3) is 0 Å². The lowest BCUT2D eigenvalue weighted by Gasteiger charge is -2.09. The second-order valence-electron chi connectivity index (χ2n) is 5.14. The van der Waals surface area contributed by atoms with Gasteiger partial charge in [0.1, 0.15) is 10.8 Å². The van der Waals surface area contributed by atoms with E-state index in [9.17, 15) is 4.79 Å². The highest BCUT2D eigenvalue weighted by atomic mass is 32.1. The third kappa shape index (κ3) is 3.57. The van der Waals surface area contributed by atoms with Crippen LogP contribution >= 0.6 is 11.3 Å². The van der Waals surface area contributed by atoms with Crippen molar-refractivity contribution >= 4 is 22.4 Å². The molecule has 0 saturated carbocycles. The number of hydrogen-bond acceptors (Lipinski definition) is 6. The van der Waals surface area contributed by atoms with E-state index in [1.54, 1.807) is 19.5 Å². The number of methoxy groups -OCH3 is 1. The van der Waals surface area contributed by atoms with Crippen LogP contribution in [0.3, 0.4) is 0 Å². The van der Waals surface area contributed by atoms with E-state index >= 15 is 0 Å². The number of nitrogens with zero attached hydrogens (tertiary/aromatic N) is 3. The number of anilines is 1. The Morgan fingerprint density at radius 3 is 2.67 bits per heavy atom. The van der Waals surface area contributed by atoms with Gasteiger partial charge in [0.05, 0.1) is 13.0 Å². The van der Waals surface area contributed by atoms with Crippen LogP contribution in [-0.2, 0) is 4.79 Å². The van der Waals surface area contributed by atoms with E-state index in [1.165, 1.54) is 11.3 Å². The summed E-state index contributed by atoms with van der Waals surface area (Å²) in [6.45, 7) is 1.83. The van der Waals surface area contributed by atoms with Crippen molar-refractivity contribution in [3.05, 3.63) is 54.4 Å². The molecule has 0 saturated heterocycles. The standard InChI is InChI=1S/C17H16N4O2S/c1-11(13-4-3-9-18-10-13)15(22)19-17-21-20-16(24-17)12-5-7-14(23-2)8-6-12/h3-11H,1-2H3,(H,19,21,22)/t11-/m1/s1. The van der Waals surface area contributed by atoms with E-state index in [0.717, 1.165) is 21.9 Å². The van der Waals surface area contributed by atoms with Crippen molar-refractivity contribution in [3.8, 4) is 16.3 Å². The molecule has 1 atom stereocenters. The summed E-state index contributed by atoms with van der Waals surface area (Å²) in [6, 6.07) is 11.2. The van der Waals surface area contributed by atoms with Gasteiger partial charge in [-0.3, -0.25) is 15.1 Å². The Kier molecular flexibility index (Phi) is 4.81. The van der Waals surface area contributed by atoms with Gasteiger partial charge in [-0.25, -0.2) is 0 Å². The van der Waals surface area contributed by atoms with Gasteiger partial charge in [0.15, 0.2) is 0 Å². The lowest BCUT2D eigenvalue weighted by molar-refractivity contribution is -0.117. The Hall–Kier alpha value is -2.80. The molecule has 0 radical (unpaired) electrons. The lowest BCUT2D eigenvalue weighted by atomic mass is 10.0. The second kappa shape index (κ2) is 7.18. The topological polar surface area (TPSA) is 77.0 Å². The highest BCUT2D eigenvalue weighted by molar-refractivity contribution is 7.18. The zero-order valence-corrected chi connectivity index (χ0v) is 14.1. The Labute approximate surface area is 143 Å². The molecule has 3 aromatic rings. The Morgan fingerprint density at radius 1 is 1.21 bits per heavy atom. The minimum Gasteiger partial charge on any atom is -0.497 e. The third-order valence-electron chi connectivity index (χ3n) is 3.57. The lowest BCUT2D eigenvalue weighted by Crippen LogP contribution is -2.18. The van der Waals surface area contributed by atoms with Crippen LogP contribution in [-0.4, -0.2) is 28.2 Å². The van der Waals surface area contributed by atoms with Gasteiger partial charge in [-0.2, -0.15) is 0 Å². The van der Waals surface area contributed by atoms with Crippen LogP contribution in [0.4, 0.5) is 5.13 Å². The Balaban J connectivity index is 1.70. The predicted octanol–water partition coefficient (Wildman–Crippen LogP) is 3.35.